The van der Waals surface area contributed by atoms with Gasteiger partial charge in [-0.05, 0) is 50.5 Å². The Bertz CT molecular complexity index is 1420. The van der Waals surface area contributed by atoms with E-state index in [1.165, 1.54) is 4.58 Å². The summed E-state index contributed by atoms with van der Waals surface area (Å²) in [6, 6.07) is 10.8. The van der Waals surface area contributed by atoms with Gasteiger partial charge in [0.1, 0.15) is 17.4 Å². The average Bonchev–Trinajstić information content (AvgIpc) is 2.93. The van der Waals surface area contributed by atoms with Crippen LogP contribution < -0.4 is 15.4 Å². The third-order valence-electron chi connectivity index (χ3n) is 7.00. The number of amides is 5. The summed E-state index contributed by atoms with van der Waals surface area (Å²) in [7, 11) is 1.57. The van der Waals surface area contributed by atoms with Crippen LogP contribution in [0.1, 0.15) is 35.1 Å². The van der Waals surface area contributed by atoms with Gasteiger partial charge in [0.25, 0.3) is 5.91 Å². The predicted octanol–water partition coefficient (Wildman–Crippen LogP) is 3.81. The van der Waals surface area contributed by atoms with Crippen molar-refractivity contribution in [1.29, 1.82) is 0 Å². The number of carbonyl (C=O) groups is 4. The number of nitrogens with zero attached hydrogens (tertiary/aromatic N) is 2. The van der Waals surface area contributed by atoms with E-state index in [0.29, 0.717) is 30.1 Å². The minimum absolute atomic E-state index is 0.0649. The minimum Gasteiger partial charge on any atom is -0.496 e. The Balaban J connectivity index is 1.41. The molecule has 1 aliphatic carbocycles. The molecule has 0 spiro atoms. The number of methoxy groups -OCH3 is 1. The molecule has 0 fully saturated rings. The number of fused-ring (bicyclic) bond motifs is 1. The van der Waals surface area contributed by atoms with Crippen molar-refractivity contribution in [2.75, 3.05) is 25.5 Å². The van der Waals surface area contributed by atoms with E-state index in [1.807, 2.05) is 57.2 Å². The first kappa shape index (κ1) is 28.5. The monoisotopic (exact) mass is 543 g/mol. The third kappa shape index (κ3) is 6.36. The number of nitrogens with one attached hydrogen (secondary N) is 2. The quantitative estimate of drug-likeness (QED) is 0.443. The zero-order valence-electron chi connectivity index (χ0n) is 23.3. The fraction of sp³-hybridized carbons (Fsp3) is 0.323. The summed E-state index contributed by atoms with van der Waals surface area (Å²) in [6.07, 6.45) is 7.33. The molecule has 1 heterocycles. The van der Waals surface area contributed by atoms with Crippen LogP contribution in [-0.2, 0) is 20.9 Å². The van der Waals surface area contributed by atoms with Crippen LogP contribution in [0.15, 0.2) is 60.7 Å². The number of allylic oxidation sites excluding steroid dienone is 3. The van der Waals surface area contributed by atoms with Crippen molar-refractivity contribution >= 4 is 35.2 Å². The van der Waals surface area contributed by atoms with Crippen molar-refractivity contribution in [3.05, 3.63) is 83.0 Å². The first-order valence-corrected chi connectivity index (χ1v) is 13.3. The number of para-hydroxylation sites is 1. The number of benzene rings is 2. The number of rotatable bonds is 10. The Morgan fingerprint density at radius 2 is 1.75 bits per heavy atom. The smallest absolute Gasteiger partial charge is 0.496 e. The van der Waals surface area contributed by atoms with E-state index in [4.69, 9.17) is 4.74 Å². The number of aryl methyl sites for hydroxylation is 3. The minimum atomic E-state index is -0.669. The highest BCUT2D eigenvalue weighted by Gasteiger charge is 2.47. The molecule has 4 rings (SSSR count). The van der Waals surface area contributed by atoms with Gasteiger partial charge in [-0.15, -0.1) is 0 Å². The third-order valence-corrected chi connectivity index (χ3v) is 7.00. The molecule has 208 valence electrons. The second-order valence-electron chi connectivity index (χ2n) is 10.0. The van der Waals surface area contributed by atoms with Crippen molar-refractivity contribution < 1.29 is 28.5 Å². The lowest BCUT2D eigenvalue weighted by molar-refractivity contribution is -0.427. The molecule has 2 aromatic rings. The van der Waals surface area contributed by atoms with Crippen molar-refractivity contribution in [2.24, 2.45) is 5.92 Å². The molecular weight excluding hydrogens is 508 g/mol. The van der Waals surface area contributed by atoms with E-state index in [-0.39, 0.29) is 37.2 Å². The van der Waals surface area contributed by atoms with E-state index in [2.05, 4.69) is 10.6 Å². The SMILES string of the molecule is COc1ccccc1CNC(=O)CCCN1C(=O)C2C=CC=CC2=[N+](CC(=O)Nc2c(C)cc(C)cc2C)C1=O. The summed E-state index contributed by atoms with van der Waals surface area (Å²) < 4.78 is 6.66. The van der Waals surface area contributed by atoms with Gasteiger partial charge in [0.05, 0.1) is 13.7 Å². The number of anilines is 1. The highest BCUT2D eigenvalue weighted by molar-refractivity contribution is 6.17. The Morgan fingerprint density at radius 3 is 2.48 bits per heavy atom. The molecule has 9 heteroatoms. The molecule has 1 unspecified atom stereocenters. The standard InChI is InChI=1S/C31H34N4O5/c1-20-16-21(2)29(22(3)17-20)33-28(37)19-35-25-12-7-6-11-24(25)30(38)34(31(35)39)15-9-14-27(36)32-18-23-10-5-8-13-26(23)40-4/h5-8,10-13,16-17,24H,9,14-15,18-19H2,1-4H3,(H-,32,33,36,37)/p+1. The molecule has 1 atom stereocenters. The molecule has 9 nitrogen and oxygen atoms in total. The van der Waals surface area contributed by atoms with Crippen LogP contribution in [0, 0.1) is 26.7 Å². The molecule has 0 saturated carbocycles. The van der Waals surface area contributed by atoms with Crippen molar-refractivity contribution in [3.63, 3.8) is 0 Å². The largest absolute Gasteiger partial charge is 0.501 e. The molecule has 2 N–H and O–H groups in total. The highest BCUT2D eigenvalue weighted by atomic mass is 16.5. The van der Waals surface area contributed by atoms with Gasteiger partial charge in [-0.1, -0.05) is 54.1 Å². The van der Waals surface area contributed by atoms with Gasteiger partial charge < -0.3 is 15.4 Å². The normalized spacial score (nSPS) is 16.2. The Labute approximate surface area is 234 Å². The molecular formula is C31H35N4O5+. The zero-order chi connectivity index (χ0) is 28.8. The van der Waals surface area contributed by atoms with Crippen molar-refractivity contribution in [1.82, 2.24) is 10.2 Å². The van der Waals surface area contributed by atoms with Crippen molar-refractivity contribution in [3.8, 4) is 5.75 Å². The van der Waals surface area contributed by atoms with E-state index in [0.717, 1.165) is 27.2 Å². The summed E-state index contributed by atoms with van der Waals surface area (Å²) in [5, 5.41) is 5.79. The van der Waals surface area contributed by atoms with E-state index in [1.54, 1.807) is 31.4 Å². The van der Waals surface area contributed by atoms with Crippen LogP contribution in [0.2, 0.25) is 0 Å². The topological polar surface area (TPSA) is 108 Å². The lowest BCUT2D eigenvalue weighted by Crippen LogP contribution is -2.55. The molecule has 2 aromatic carbocycles. The maximum absolute atomic E-state index is 13.5. The molecule has 2 aliphatic rings. The second-order valence-corrected chi connectivity index (χ2v) is 10.0. The molecule has 1 aliphatic heterocycles. The number of ether oxygens (including phenoxy) is 1. The van der Waals surface area contributed by atoms with Gasteiger partial charge in [-0.25, -0.2) is 4.79 Å². The van der Waals surface area contributed by atoms with Crippen LogP contribution >= 0.6 is 0 Å². The molecule has 0 bridgehead atoms. The number of urea groups is 1. The summed E-state index contributed by atoms with van der Waals surface area (Å²) in [5.41, 5.74) is 5.00. The van der Waals surface area contributed by atoms with Gasteiger partial charge >= 0.3 is 11.9 Å². The molecule has 40 heavy (non-hydrogen) atoms. The van der Waals surface area contributed by atoms with Gasteiger partial charge in [-0.3, -0.25) is 9.59 Å². The number of imide groups is 1. The highest BCUT2D eigenvalue weighted by Crippen LogP contribution is 2.23. The molecule has 0 saturated heterocycles. The van der Waals surface area contributed by atoms with Crippen LogP contribution in [0.4, 0.5) is 10.5 Å². The summed E-state index contributed by atoms with van der Waals surface area (Å²) >= 11 is 0. The first-order chi connectivity index (χ1) is 19.2. The maximum Gasteiger partial charge on any atom is 0.501 e. The molecule has 0 radical (unpaired) electrons. The zero-order valence-corrected chi connectivity index (χ0v) is 23.3. The summed E-state index contributed by atoms with van der Waals surface area (Å²) in [4.78, 5) is 53.4. The summed E-state index contributed by atoms with van der Waals surface area (Å²) in [5.74, 6) is -0.904. The number of carbonyl (C=O) groups excluding carboxylic acids is 4. The number of hydrogen-bond donors (Lipinski definition) is 2. The number of hydrogen-bond acceptors (Lipinski definition) is 5. The van der Waals surface area contributed by atoms with Gasteiger partial charge in [0.15, 0.2) is 6.54 Å². The average molecular weight is 544 g/mol. The van der Waals surface area contributed by atoms with Crippen LogP contribution in [-0.4, -0.2) is 59.1 Å². The van der Waals surface area contributed by atoms with Gasteiger partial charge in [-0.2, -0.15) is 14.3 Å². The van der Waals surface area contributed by atoms with Gasteiger partial charge in [0, 0.05) is 24.2 Å². The molecule has 0 aromatic heterocycles. The Kier molecular flexibility index (Phi) is 8.93. The Hall–Kier alpha value is -4.53. The predicted molar refractivity (Wildman–Crippen MR) is 152 cm³/mol. The fourth-order valence-electron chi connectivity index (χ4n) is 5.11. The lowest BCUT2D eigenvalue weighted by Gasteiger charge is -2.26. The second kappa shape index (κ2) is 12.5. The van der Waals surface area contributed by atoms with Crippen LogP contribution in [0.5, 0.6) is 5.75 Å². The van der Waals surface area contributed by atoms with Crippen molar-refractivity contribution in [2.45, 2.75) is 40.2 Å². The van der Waals surface area contributed by atoms with Gasteiger partial charge in [0.2, 0.25) is 5.91 Å². The lowest BCUT2D eigenvalue weighted by atomic mass is 9.94. The van der Waals surface area contributed by atoms with Crippen LogP contribution in [0.3, 0.4) is 0 Å². The Morgan fingerprint density at radius 1 is 1.02 bits per heavy atom. The van der Waals surface area contributed by atoms with E-state index >= 15 is 0 Å². The summed E-state index contributed by atoms with van der Waals surface area (Å²) in [6.45, 7) is 5.98. The van der Waals surface area contributed by atoms with Crippen LogP contribution in [0.25, 0.3) is 0 Å². The van der Waals surface area contributed by atoms with E-state index in [9.17, 15) is 19.2 Å². The maximum atomic E-state index is 13.5. The fourth-order valence-corrected chi connectivity index (χ4v) is 5.11. The van der Waals surface area contributed by atoms with E-state index < -0.39 is 11.9 Å². The first-order valence-electron chi connectivity index (χ1n) is 13.3. The molecule has 5 amide bonds.